The summed E-state index contributed by atoms with van der Waals surface area (Å²) in [5.41, 5.74) is 0.359. The van der Waals surface area contributed by atoms with E-state index >= 15 is 0 Å². The number of hydrogen-bond acceptors (Lipinski definition) is 4. The van der Waals surface area contributed by atoms with Crippen LogP contribution in [0.1, 0.15) is 6.42 Å². The number of halogens is 1. The van der Waals surface area contributed by atoms with Crippen molar-refractivity contribution >= 4 is 5.97 Å². The second kappa shape index (κ2) is 4.34. The molecule has 0 amide bonds. The lowest BCUT2D eigenvalue weighted by Gasteiger charge is -2.25. The third-order valence-corrected chi connectivity index (χ3v) is 2.02. The number of hydrogen-bond donors (Lipinski definition) is 0. The van der Waals surface area contributed by atoms with Crippen molar-refractivity contribution in [2.45, 2.75) is 12.2 Å². The third kappa shape index (κ3) is 2.00. The zero-order valence-corrected chi connectivity index (χ0v) is 7.95. The molecule has 1 aliphatic carbocycles. The molecule has 78 valence electrons. The van der Waals surface area contributed by atoms with Crippen LogP contribution in [0.25, 0.3) is 0 Å². The zero-order chi connectivity index (χ0) is 10.6. The van der Waals surface area contributed by atoms with Gasteiger partial charge in [-0.3, -0.25) is 0 Å². The zero-order valence-electron chi connectivity index (χ0n) is 7.95. The van der Waals surface area contributed by atoms with Gasteiger partial charge in [0.15, 0.2) is 0 Å². The number of methoxy groups -OCH3 is 2. The minimum Gasteiger partial charge on any atom is -0.465 e. The summed E-state index contributed by atoms with van der Waals surface area (Å²) in [4.78, 5) is 14.7. The van der Waals surface area contributed by atoms with Crippen LogP contribution in [0.2, 0.25) is 0 Å². The van der Waals surface area contributed by atoms with E-state index in [4.69, 9.17) is 4.74 Å². The van der Waals surface area contributed by atoms with E-state index in [0.717, 1.165) is 0 Å². The molecule has 0 radical (unpaired) electrons. The van der Waals surface area contributed by atoms with Gasteiger partial charge in [0, 0.05) is 13.5 Å². The average molecular weight is 202 g/mol. The highest BCUT2D eigenvalue weighted by molar-refractivity contribution is 5.91. The van der Waals surface area contributed by atoms with E-state index in [-0.39, 0.29) is 6.42 Å². The summed E-state index contributed by atoms with van der Waals surface area (Å²) in [6.07, 6.45) is 4.35. The van der Waals surface area contributed by atoms with Crippen molar-refractivity contribution in [3.05, 3.63) is 23.8 Å². The Kier molecular flexibility index (Phi) is 3.38. The molecule has 0 bridgehead atoms. The van der Waals surface area contributed by atoms with Gasteiger partial charge >= 0.3 is 5.97 Å². The summed E-state index contributed by atoms with van der Waals surface area (Å²) in [5.74, 6) is -1.87. The van der Waals surface area contributed by atoms with Gasteiger partial charge in [0.2, 0.25) is 5.79 Å². The number of carbonyl (C=O) groups is 1. The van der Waals surface area contributed by atoms with Crippen LogP contribution in [0.3, 0.4) is 0 Å². The molecule has 5 heteroatoms. The second-order valence-electron chi connectivity index (χ2n) is 2.78. The molecule has 0 saturated heterocycles. The highest BCUT2D eigenvalue weighted by Crippen LogP contribution is 2.26. The Hall–Kier alpha value is -1.20. The van der Waals surface area contributed by atoms with Crippen LogP contribution >= 0.6 is 0 Å². The van der Waals surface area contributed by atoms with Crippen LogP contribution in [0, 0.1) is 0 Å². The maximum absolute atomic E-state index is 12.1. The fourth-order valence-corrected chi connectivity index (χ4v) is 1.11. The molecule has 0 spiro atoms. The Morgan fingerprint density at radius 1 is 1.57 bits per heavy atom. The molecule has 0 aromatic heterocycles. The standard InChI is InChI=1S/C9H11FO4/c1-12-8(11)7-3-5-9(13-2,14-10)6-4-7/h3-5H,6H2,1-2H3. The monoisotopic (exact) mass is 202 g/mol. The van der Waals surface area contributed by atoms with Gasteiger partial charge in [0.1, 0.15) is 0 Å². The number of carbonyl (C=O) groups excluding carboxylic acids is 1. The van der Waals surface area contributed by atoms with Gasteiger partial charge in [-0.1, -0.05) is 6.08 Å². The minimum atomic E-state index is -1.41. The van der Waals surface area contributed by atoms with E-state index in [1.165, 1.54) is 32.4 Å². The molecule has 0 aromatic rings. The molecule has 0 aromatic carbocycles. The van der Waals surface area contributed by atoms with Crippen molar-refractivity contribution in [2.75, 3.05) is 14.2 Å². The molecule has 1 unspecified atom stereocenters. The third-order valence-electron chi connectivity index (χ3n) is 2.02. The summed E-state index contributed by atoms with van der Waals surface area (Å²) in [5, 5.41) is 0. The molecule has 0 fully saturated rings. The number of rotatable bonds is 3. The second-order valence-corrected chi connectivity index (χ2v) is 2.78. The van der Waals surface area contributed by atoms with Crippen molar-refractivity contribution in [2.24, 2.45) is 0 Å². The Labute approximate surface area is 80.8 Å². The van der Waals surface area contributed by atoms with Gasteiger partial charge in [0.25, 0.3) is 0 Å². The molecule has 1 aliphatic rings. The Bertz CT molecular complexity index is 279. The van der Waals surface area contributed by atoms with E-state index in [1.54, 1.807) is 0 Å². The van der Waals surface area contributed by atoms with Gasteiger partial charge in [-0.05, 0) is 16.7 Å². The summed E-state index contributed by atoms with van der Waals surface area (Å²) in [6, 6.07) is 0. The number of esters is 1. The van der Waals surface area contributed by atoms with Crippen molar-refractivity contribution in [3.8, 4) is 0 Å². The first-order chi connectivity index (χ1) is 6.67. The van der Waals surface area contributed by atoms with E-state index in [9.17, 15) is 9.32 Å². The fraction of sp³-hybridized carbons (Fsp3) is 0.444. The molecule has 0 N–H and O–H groups in total. The summed E-state index contributed by atoms with van der Waals surface area (Å²) in [6.45, 7) is 0. The molecule has 0 heterocycles. The van der Waals surface area contributed by atoms with E-state index in [2.05, 4.69) is 9.68 Å². The van der Waals surface area contributed by atoms with Gasteiger partial charge in [-0.25, -0.2) is 4.79 Å². The highest BCUT2D eigenvalue weighted by atomic mass is 19.3. The predicted octanol–water partition coefficient (Wildman–Crippen LogP) is 1.29. The summed E-state index contributed by atoms with van der Waals surface area (Å²) >= 11 is 0. The average Bonchev–Trinajstić information content (AvgIpc) is 2.28. The molecule has 0 aliphatic heterocycles. The Morgan fingerprint density at radius 3 is 2.64 bits per heavy atom. The normalized spacial score (nSPS) is 25.8. The molecule has 1 rings (SSSR count). The summed E-state index contributed by atoms with van der Waals surface area (Å²) in [7, 11) is 2.60. The van der Waals surface area contributed by atoms with Gasteiger partial charge < -0.3 is 9.47 Å². The molecule has 1 atom stereocenters. The SMILES string of the molecule is COC(=O)C1=CCC(OC)(OF)C=C1. The maximum atomic E-state index is 12.1. The maximum Gasteiger partial charge on any atom is 0.337 e. The van der Waals surface area contributed by atoms with Gasteiger partial charge in [-0.2, -0.15) is 4.94 Å². The smallest absolute Gasteiger partial charge is 0.337 e. The van der Waals surface area contributed by atoms with Gasteiger partial charge in [-0.15, -0.1) is 0 Å². The predicted molar refractivity (Wildman–Crippen MR) is 45.8 cm³/mol. The van der Waals surface area contributed by atoms with Crippen LogP contribution in [0.15, 0.2) is 23.8 Å². The Morgan fingerprint density at radius 2 is 2.29 bits per heavy atom. The number of ether oxygens (including phenoxy) is 2. The summed E-state index contributed by atoms with van der Waals surface area (Å²) < 4.78 is 21.4. The van der Waals surface area contributed by atoms with Crippen LogP contribution < -0.4 is 0 Å². The van der Waals surface area contributed by atoms with Gasteiger partial charge in [0.05, 0.1) is 12.7 Å². The lowest BCUT2D eigenvalue weighted by Crippen LogP contribution is -2.31. The van der Waals surface area contributed by atoms with Crippen molar-refractivity contribution in [3.63, 3.8) is 0 Å². The van der Waals surface area contributed by atoms with Crippen molar-refractivity contribution < 1.29 is 23.7 Å². The van der Waals surface area contributed by atoms with Crippen molar-refractivity contribution in [1.29, 1.82) is 0 Å². The Balaban J connectivity index is 2.74. The highest BCUT2D eigenvalue weighted by Gasteiger charge is 2.31. The molecule has 4 nitrogen and oxygen atoms in total. The largest absolute Gasteiger partial charge is 0.465 e. The topological polar surface area (TPSA) is 44.8 Å². The van der Waals surface area contributed by atoms with Crippen LogP contribution in [-0.2, 0) is 19.2 Å². The molecular weight excluding hydrogens is 191 g/mol. The van der Waals surface area contributed by atoms with Crippen molar-refractivity contribution in [1.82, 2.24) is 0 Å². The minimum absolute atomic E-state index is 0.126. The first-order valence-corrected chi connectivity index (χ1v) is 4.00. The lowest BCUT2D eigenvalue weighted by molar-refractivity contribution is -0.311. The quantitative estimate of drug-likeness (QED) is 0.511. The first kappa shape index (κ1) is 10.9. The van der Waals surface area contributed by atoms with E-state index < -0.39 is 11.8 Å². The molecule has 0 saturated carbocycles. The van der Waals surface area contributed by atoms with Crippen LogP contribution in [0.5, 0.6) is 0 Å². The lowest BCUT2D eigenvalue weighted by atomic mass is 10.0. The van der Waals surface area contributed by atoms with Crippen LogP contribution in [0.4, 0.5) is 4.53 Å². The fourth-order valence-electron chi connectivity index (χ4n) is 1.11. The van der Waals surface area contributed by atoms with E-state index in [1.807, 2.05) is 0 Å². The molecule has 14 heavy (non-hydrogen) atoms. The van der Waals surface area contributed by atoms with Crippen LogP contribution in [-0.4, -0.2) is 26.0 Å². The molecular formula is C9H11FO4. The van der Waals surface area contributed by atoms with E-state index in [0.29, 0.717) is 5.57 Å². The first-order valence-electron chi connectivity index (χ1n) is 4.00.